The fourth-order valence-electron chi connectivity index (χ4n) is 1.72. The lowest BCUT2D eigenvalue weighted by Crippen LogP contribution is -2.36. The number of ether oxygens (including phenoxy) is 2. The summed E-state index contributed by atoms with van der Waals surface area (Å²) in [6.45, 7) is 5.51. The van der Waals surface area contributed by atoms with Crippen LogP contribution in [0.1, 0.15) is 13.3 Å². The van der Waals surface area contributed by atoms with Crippen LogP contribution in [0.25, 0.3) is 0 Å². The summed E-state index contributed by atoms with van der Waals surface area (Å²) in [5.41, 5.74) is 0. The summed E-state index contributed by atoms with van der Waals surface area (Å²) in [5, 5.41) is 6.07. The highest BCUT2D eigenvalue weighted by Gasteiger charge is 2.27. The van der Waals surface area contributed by atoms with E-state index in [1.165, 1.54) is 0 Å². The molecule has 5 heteroatoms. The van der Waals surface area contributed by atoms with E-state index in [4.69, 9.17) is 9.47 Å². The van der Waals surface area contributed by atoms with Crippen molar-refractivity contribution in [2.75, 3.05) is 40.0 Å². The molecule has 94 valence electrons. The van der Waals surface area contributed by atoms with E-state index in [9.17, 15) is 4.79 Å². The Morgan fingerprint density at radius 3 is 2.88 bits per heavy atom. The van der Waals surface area contributed by atoms with Crippen LogP contribution >= 0.6 is 0 Å². The molecule has 1 rings (SSSR count). The molecule has 0 aliphatic carbocycles. The molecule has 0 spiro atoms. The Balaban J connectivity index is 1.98. The first-order chi connectivity index (χ1) is 7.74. The van der Waals surface area contributed by atoms with Crippen molar-refractivity contribution in [3.05, 3.63) is 0 Å². The van der Waals surface area contributed by atoms with Gasteiger partial charge in [-0.1, -0.05) is 0 Å². The molecule has 16 heavy (non-hydrogen) atoms. The Hall–Kier alpha value is -0.650. The Kier molecular flexibility index (Phi) is 6.37. The van der Waals surface area contributed by atoms with Gasteiger partial charge in [-0.3, -0.25) is 4.79 Å². The second-order valence-corrected chi connectivity index (χ2v) is 4.11. The fraction of sp³-hybridized carbons (Fsp3) is 0.909. The number of carbonyl (C=O) groups excluding carboxylic acids is 1. The second-order valence-electron chi connectivity index (χ2n) is 4.11. The van der Waals surface area contributed by atoms with Crippen LogP contribution < -0.4 is 10.6 Å². The average molecular weight is 230 g/mol. The quantitative estimate of drug-likeness (QED) is 0.593. The summed E-state index contributed by atoms with van der Waals surface area (Å²) in [6.07, 6.45) is 1.05. The van der Waals surface area contributed by atoms with Crippen molar-refractivity contribution in [2.24, 2.45) is 5.92 Å². The zero-order valence-electron chi connectivity index (χ0n) is 10.1. The summed E-state index contributed by atoms with van der Waals surface area (Å²) < 4.78 is 10.2. The highest BCUT2D eigenvalue weighted by atomic mass is 16.5. The number of amides is 1. The van der Waals surface area contributed by atoms with Crippen molar-refractivity contribution in [3.8, 4) is 0 Å². The summed E-state index contributed by atoms with van der Waals surface area (Å²) in [5.74, 6) is 0.145. The molecule has 0 radical (unpaired) electrons. The van der Waals surface area contributed by atoms with Crippen molar-refractivity contribution >= 4 is 5.91 Å². The lowest BCUT2D eigenvalue weighted by Gasteiger charge is -2.09. The van der Waals surface area contributed by atoms with E-state index < -0.39 is 0 Å². The lowest BCUT2D eigenvalue weighted by molar-refractivity contribution is -0.124. The first kappa shape index (κ1) is 13.4. The van der Waals surface area contributed by atoms with Crippen molar-refractivity contribution in [1.82, 2.24) is 10.6 Å². The minimum Gasteiger partial charge on any atom is -0.383 e. The third-order valence-electron chi connectivity index (χ3n) is 2.65. The van der Waals surface area contributed by atoms with Crippen molar-refractivity contribution in [3.63, 3.8) is 0 Å². The average Bonchev–Trinajstić information content (AvgIpc) is 2.70. The number of hydrogen-bond donors (Lipinski definition) is 2. The maximum absolute atomic E-state index is 11.6. The predicted octanol–water partition coefficient (Wildman–Crippen LogP) is -0.236. The van der Waals surface area contributed by atoms with Gasteiger partial charge in [-0.15, -0.1) is 0 Å². The molecule has 0 saturated carbocycles. The number of hydrogen-bond acceptors (Lipinski definition) is 4. The van der Waals surface area contributed by atoms with Crippen LogP contribution in [-0.2, 0) is 14.3 Å². The Bertz CT molecular complexity index is 211. The van der Waals surface area contributed by atoms with Crippen LogP contribution in [0.15, 0.2) is 0 Å². The number of rotatable bonds is 7. The first-order valence-electron chi connectivity index (χ1n) is 5.83. The molecule has 1 fully saturated rings. The van der Waals surface area contributed by atoms with Crippen LogP contribution in [0.3, 0.4) is 0 Å². The summed E-state index contributed by atoms with van der Waals surface area (Å²) >= 11 is 0. The monoisotopic (exact) mass is 230 g/mol. The van der Waals surface area contributed by atoms with Gasteiger partial charge in [-0.05, 0) is 13.3 Å². The van der Waals surface area contributed by atoms with Gasteiger partial charge < -0.3 is 20.1 Å². The first-order valence-corrected chi connectivity index (χ1v) is 5.83. The fourth-order valence-corrected chi connectivity index (χ4v) is 1.72. The molecule has 5 nitrogen and oxygen atoms in total. The van der Waals surface area contributed by atoms with Gasteiger partial charge in [0.1, 0.15) is 0 Å². The Morgan fingerprint density at radius 2 is 2.25 bits per heavy atom. The lowest BCUT2D eigenvalue weighted by atomic mass is 10.1. The summed E-state index contributed by atoms with van der Waals surface area (Å²) in [6, 6.07) is 0. The van der Waals surface area contributed by atoms with Gasteiger partial charge in [0.2, 0.25) is 5.91 Å². The van der Waals surface area contributed by atoms with Crippen molar-refractivity contribution < 1.29 is 14.3 Å². The Morgan fingerprint density at radius 1 is 1.44 bits per heavy atom. The van der Waals surface area contributed by atoms with Gasteiger partial charge in [0.25, 0.3) is 0 Å². The Labute approximate surface area is 96.9 Å². The minimum absolute atomic E-state index is 0.0361. The maximum atomic E-state index is 11.6. The molecule has 0 aromatic rings. The van der Waals surface area contributed by atoms with Gasteiger partial charge in [-0.2, -0.15) is 0 Å². The largest absolute Gasteiger partial charge is 0.383 e. The van der Waals surface area contributed by atoms with Gasteiger partial charge in [0, 0.05) is 26.7 Å². The van der Waals surface area contributed by atoms with E-state index in [1.54, 1.807) is 7.11 Å². The van der Waals surface area contributed by atoms with Gasteiger partial charge >= 0.3 is 0 Å². The van der Waals surface area contributed by atoms with Gasteiger partial charge in [0.05, 0.1) is 25.2 Å². The van der Waals surface area contributed by atoms with E-state index in [-0.39, 0.29) is 17.9 Å². The molecule has 2 N–H and O–H groups in total. The smallest absolute Gasteiger partial charge is 0.225 e. The number of methoxy groups -OCH3 is 1. The molecule has 1 saturated heterocycles. The number of nitrogens with one attached hydrogen (secondary N) is 2. The van der Waals surface area contributed by atoms with Crippen LogP contribution in [-0.4, -0.2) is 52.0 Å². The molecule has 0 bridgehead atoms. The third-order valence-corrected chi connectivity index (χ3v) is 2.65. The zero-order chi connectivity index (χ0) is 11.8. The molecule has 0 aromatic carbocycles. The highest BCUT2D eigenvalue weighted by Crippen LogP contribution is 2.18. The molecule has 1 heterocycles. The van der Waals surface area contributed by atoms with E-state index >= 15 is 0 Å². The molecule has 1 aliphatic heterocycles. The highest BCUT2D eigenvalue weighted by molar-refractivity contribution is 5.79. The van der Waals surface area contributed by atoms with E-state index in [0.29, 0.717) is 19.8 Å². The van der Waals surface area contributed by atoms with Crippen LogP contribution in [0.2, 0.25) is 0 Å². The summed E-state index contributed by atoms with van der Waals surface area (Å²) in [4.78, 5) is 11.6. The number of carbonyl (C=O) groups is 1. The van der Waals surface area contributed by atoms with E-state index in [0.717, 1.165) is 19.5 Å². The molecular weight excluding hydrogens is 208 g/mol. The maximum Gasteiger partial charge on any atom is 0.225 e. The van der Waals surface area contributed by atoms with Gasteiger partial charge in [-0.25, -0.2) is 0 Å². The van der Waals surface area contributed by atoms with Crippen molar-refractivity contribution in [1.29, 1.82) is 0 Å². The molecular formula is C11H22N2O3. The van der Waals surface area contributed by atoms with Crippen molar-refractivity contribution in [2.45, 2.75) is 19.4 Å². The zero-order valence-corrected chi connectivity index (χ0v) is 10.1. The van der Waals surface area contributed by atoms with Crippen LogP contribution in [0.4, 0.5) is 0 Å². The molecule has 2 atom stereocenters. The molecule has 1 aliphatic rings. The predicted molar refractivity (Wildman–Crippen MR) is 61.3 cm³/mol. The SMILES string of the molecule is COCCNCCNC(=O)C1COC(C)C1. The topological polar surface area (TPSA) is 59.6 Å². The van der Waals surface area contributed by atoms with E-state index in [1.807, 2.05) is 6.92 Å². The van der Waals surface area contributed by atoms with Crippen LogP contribution in [0, 0.1) is 5.92 Å². The van der Waals surface area contributed by atoms with Gasteiger partial charge in [0.15, 0.2) is 0 Å². The second kappa shape index (κ2) is 7.60. The van der Waals surface area contributed by atoms with Crippen LogP contribution in [0.5, 0.6) is 0 Å². The standard InChI is InChI=1S/C11H22N2O3/c1-9-7-10(8-16-9)11(14)13-4-3-12-5-6-15-2/h9-10,12H,3-8H2,1-2H3,(H,13,14). The molecule has 0 aromatic heterocycles. The molecule has 1 amide bonds. The third kappa shape index (κ3) is 4.92. The normalized spacial score (nSPS) is 24.6. The van der Waals surface area contributed by atoms with E-state index in [2.05, 4.69) is 10.6 Å². The summed E-state index contributed by atoms with van der Waals surface area (Å²) in [7, 11) is 1.67. The molecule has 2 unspecified atom stereocenters. The minimum atomic E-state index is 0.0361.